The number of hydrogen-bond donors (Lipinski definition) is 1. The number of anilines is 2. The number of imidazole rings is 1. The number of pyridine rings is 1. The van der Waals surface area contributed by atoms with Crippen molar-refractivity contribution in [1.29, 1.82) is 0 Å². The van der Waals surface area contributed by atoms with Gasteiger partial charge in [0.1, 0.15) is 12.1 Å². The maximum atomic E-state index is 14.0. The first-order valence-corrected chi connectivity index (χ1v) is 11.3. The van der Waals surface area contributed by atoms with Gasteiger partial charge in [-0.3, -0.25) is 14.7 Å². The fraction of sp³-hybridized carbons (Fsp3) is 0.231. The minimum atomic E-state index is -0.621. The van der Waals surface area contributed by atoms with Gasteiger partial charge in [-0.15, -0.1) is 0 Å². The van der Waals surface area contributed by atoms with Crippen LogP contribution in [0, 0.1) is 12.7 Å². The first-order chi connectivity index (χ1) is 17.9. The van der Waals surface area contributed by atoms with Gasteiger partial charge in [0.05, 0.1) is 43.7 Å². The highest BCUT2D eigenvalue weighted by Gasteiger charge is 2.21. The summed E-state index contributed by atoms with van der Waals surface area (Å²) in [7, 11) is 4.18. The summed E-state index contributed by atoms with van der Waals surface area (Å²) in [5, 5.41) is 2.50. The second kappa shape index (κ2) is 11.0. The van der Waals surface area contributed by atoms with Crippen molar-refractivity contribution in [2.24, 2.45) is 0 Å². The second-order valence-corrected chi connectivity index (χ2v) is 8.06. The van der Waals surface area contributed by atoms with Gasteiger partial charge < -0.3 is 19.1 Å². The average molecular weight is 508 g/mol. The van der Waals surface area contributed by atoms with Crippen molar-refractivity contribution < 1.29 is 28.2 Å². The molecule has 4 rings (SSSR count). The molecule has 10 nitrogen and oxygen atoms in total. The van der Waals surface area contributed by atoms with Crippen LogP contribution in [0.3, 0.4) is 0 Å². The molecule has 2 heterocycles. The molecule has 2 aromatic carbocycles. The molecule has 1 N–H and O–H groups in total. The smallest absolute Gasteiger partial charge is 0.412 e. The van der Waals surface area contributed by atoms with E-state index in [4.69, 9.17) is 9.47 Å². The molecule has 0 bridgehead atoms. The fourth-order valence-electron chi connectivity index (χ4n) is 3.88. The van der Waals surface area contributed by atoms with Crippen LogP contribution in [0.15, 0.2) is 55.0 Å². The van der Waals surface area contributed by atoms with Gasteiger partial charge in [0.2, 0.25) is 0 Å². The normalized spacial score (nSPS) is 10.8. The monoisotopic (exact) mass is 507 g/mol. The SMILES string of the molecule is COCCN(C(=O)c1cc(C)c2ncn(-c3ccc(NC(=O)OC)nc3)c2c1)c1ccc(F)c(OC)c1. The van der Waals surface area contributed by atoms with E-state index in [1.807, 2.05) is 6.92 Å². The lowest BCUT2D eigenvalue weighted by Crippen LogP contribution is -2.34. The number of carbonyl (C=O) groups excluding carboxylic acids is 2. The van der Waals surface area contributed by atoms with Crippen LogP contribution in [0.4, 0.5) is 20.7 Å². The Kier molecular flexibility index (Phi) is 7.63. The number of aromatic nitrogens is 3. The van der Waals surface area contributed by atoms with Crippen LogP contribution in [0.5, 0.6) is 5.75 Å². The molecule has 192 valence electrons. The number of benzene rings is 2. The van der Waals surface area contributed by atoms with Gasteiger partial charge in [-0.2, -0.15) is 0 Å². The molecule has 0 aliphatic heterocycles. The molecule has 0 atom stereocenters. The van der Waals surface area contributed by atoms with Crippen LogP contribution in [0.1, 0.15) is 15.9 Å². The van der Waals surface area contributed by atoms with Gasteiger partial charge in [-0.1, -0.05) is 0 Å². The highest BCUT2D eigenvalue weighted by Crippen LogP contribution is 2.28. The summed E-state index contributed by atoms with van der Waals surface area (Å²) in [6, 6.07) is 11.2. The molecular weight excluding hydrogens is 481 g/mol. The van der Waals surface area contributed by atoms with Crippen LogP contribution in [0.2, 0.25) is 0 Å². The Bertz CT molecular complexity index is 1440. The molecule has 2 amide bonds. The zero-order valence-electron chi connectivity index (χ0n) is 20.8. The Morgan fingerprint density at radius 1 is 1.08 bits per heavy atom. The minimum Gasteiger partial charge on any atom is -0.494 e. The Hall–Kier alpha value is -4.51. The summed E-state index contributed by atoms with van der Waals surface area (Å²) >= 11 is 0. The van der Waals surface area contributed by atoms with Crippen molar-refractivity contribution in [2.75, 3.05) is 44.7 Å². The third kappa shape index (κ3) is 5.36. The number of rotatable bonds is 8. The molecular formula is C26H26FN5O5. The van der Waals surface area contributed by atoms with Gasteiger partial charge in [0.15, 0.2) is 11.6 Å². The predicted molar refractivity (Wildman–Crippen MR) is 136 cm³/mol. The fourth-order valence-corrected chi connectivity index (χ4v) is 3.88. The average Bonchev–Trinajstić information content (AvgIpc) is 3.34. The Balaban J connectivity index is 1.72. The molecule has 0 fully saturated rings. The van der Waals surface area contributed by atoms with Crippen molar-refractivity contribution in [3.63, 3.8) is 0 Å². The number of aryl methyl sites for hydroxylation is 1. The number of amides is 2. The number of nitrogens with zero attached hydrogens (tertiary/aromatic N) is 4. The van der Waals surface area contributed by atoms with E-state index < -0.39 is 11.9 Å². The number of ether oxygens (including phenoxy) is 3. The first-order valence-electron chi connectivity index (χ1n) is 11.3. The molecule has 4 aromatic rings. The molecule has 0 aliphatic carbocycles. The van der Waals surface area contributed by atoms with E-state index in [0.29, 0.717) is 28.3 Å². The Labute approximate surface area is 212 Å². The zero-order valence-corrected chi connectivity index (χ0v) is 20.8. The van der Waals surface area contributed by atoms with E-state index in [0.717, 1.165) is 11.1 Å². The standard InChI is InChI=1S/C26H26FN5O5/c1-16-11-17(25(33)31(9-10-35-2)18-5-7-20(27)22(13-18)36-3)12-21-24(16)29-15-32(21)19-6-8-23(28-14-19)30-26(34)37-4/h5-8,11-15H,9-10H2,1-4H3,(H,28,30,34). The third-order valence-corrected chi connectivity index (χ3v) is 5.74. The van der Waals surface area contributed by atoms with E-state index in [1.54, 1.807) is 48.5 Å². The summed E-state index contributed by atoms with van der Waals surface area (Å²) in [6.45, 7) is 2.40. The molecule has 0 aliphatic rings. The van der Waals surface area contributed by atoms with E-state index in [1.165, 1.54) is 37.3 Å². The lowest BCUT2D eigenvalue weighted by atomic mass is 10.1. The zero-order chi connectivity index (χ0) is 26.5. The van der Waals surface area contributed by atoms with E-state index in [-0.39, 0.29) is 24.8 Å². The van der Waals surface area contributed by atoms with E-state index >= 15 is 0 Å². The molecule has 11 heteroatoms. The van der Waals surface area contributed by atoms with Gasteiger partial charge in [-0.05, 0) is 48.9 Å². The highest BCUT2D eigenvalue weighted by atomic mass is 19.1. The van der Waals surface area contributed by atoms with Crippen LogP contribution in [-0.4, -0.2) is 61.0 Å². The lowest BCUT2D eigenvalue weighted by Gasteiger charge is -2.23. The Morgan fingerprint density at radius 3 is 2.57 bits per heavy atom. The first kappa shape index (κ1) is 25.6. The molecule has 0 spiro atoms. The maximum Gasteiger partial charge on any atom is 0.412 e. The molecule has 37 heavy (non-hydrogen) atoms. The third-order valence-electron chi connectivity index (χ3n) is 5.74. The summed E-state index contributed by atoms with van der Waals surface area (Å²) in [5.74, 6) is -0.446. The number of fused-ring (bicyclic) bond motifs is 1. The lowest BCUT2D eigenvalue weighted by molar-refractivity contribution is 0.0976. The van der Waals surface area contributed by atoms with Crippen molar-refractivity contribution in [3.05, 3.63) is 71.9 Å². The maximum absolute atomic E-state index is 14.0. The van der Waals surface area contributed by atoms with E-state index in [2.05, 4.69) is 20.0 Å². The molecule has 2 aromatic heterocycles. The number of methoxy groups -OCH3 is 3. The van der Waals surface area contributed by atoms with Crippen molar-refractivity contribution in [2.45, 2.75) is 6.92 Å². The van der Waals surface area contributed by atoms with Crippen LogP contribution in [0.25, 0.3) is 16.7 Å². The quantitative estimate of drug-likeness (QED) is 0.378. The van der Waals surface area contributed by atoms with Gasteiger partial charge in [0, 0.05) is 31.0 Å². The minimum absolute atomic E-state index is 0.0371. The topological polar surface area (TPSA) is 108 Å². The molecule has 0 saturated heterocycles. The number of nitrogens with one attached hydrogen (secondary N) is 1. The second-order valence-electron chi connectivity index (χ2n) is 8.06. The summed E-state index contributed by atoms with van der Waals surface area (Å²) in [6.07, 6.45) is 2.60. The molecule has 0 saturated carbocycles. The van der Waals surface area contributed by atoms with Gasteiger partial charge >= 0.3 is 6.09 Å². The highest BCUT2D eigenvalue weighted by molar-refractivity contribution is 6.08. The van der Waals surface area contributed by atoms with Crippen LogP contribution >= 0.6 is 0 Å². The molecule has 0 radical (unpaired) electrons. The summed E-state index contributed by atoms with van der Waals surface area (Å²) < 4.78 is 30.7. The number of halogens is 1. The van der Waals surface area contributed by atoms with Gasteiger partial charge in [-0.25, -0.2) is 19.2 Å². The van der Waals surface area contributed by atoms with Crippen molar-refractivity contribution >= 4 is 34.5 Å². The predicted octanol–water partition coefficient (Wildman–Crippen LogP) is 4.35. The van der Waals surface area contributed by atoms with Crippen LogP contribution < -0.4 is 15.0 Å². The number of hydrogen-bond acceptors (Lipinski definition) is 7. The van der Waals surface area contributed by atoms with E-state index in [9.17, 15) is 14.0 Å². The molecule has 0 unspecified atom stereocenters. The summed E-state index contributed by atoms with van der Waals surface area (Å²) in [4.78, 5) is 35.4. The van der Waals surface area contributed by atoms with Gasteiger partial charge in [0.25, 0.3) is 5.91 Å². The largest absolute Gasteiger partial charge is 0.494 e. The van der Waals surface area contributed by atoms with Crippen molar-refractivity contribution in [3.8, 4) is 11.4 Å². The Morgan fingerprint density at radius 2 is 1.89 bits per heavy atom. The van der Waals surface area contributed by atoms with Crippen LogP contribution in [-0.2, 0) is 9.47 Å². The van der Waals surface area contributed by atoms with Crippen molar-refractivity contribution in [1.82, 2.24) is 14.5 Å². The number of carbonyl (C=O) groups is 2. The summed E-state index contributed by atoms with van der Waals surface area (Å²) in [5.41, 5.74) is 3.80.